The van der Waals surface area contributed by atoms with Crippen molar-refractivity contribution in [3.05, 3.63) is 30.0 Å². The standard InChI is InChI=1S/C18H24N2O4/c1-12(2)8-9-20(3)18(21)15-11-17(24-19-15)14-10-13(22-4)6-7-16(14)23-5/h6-7,10-12H,8-9H2,1-5H3. The van der Waals surface area contributed by atoms with Gasteiger partial charge in [0.2, 0.25) is 0 Å². The maximum Gasteiger partial charge on any atom is 0.275 e. The zero-order valence-electron chi connectivity index (χ0n) is 14.8. The molecule has 1 aromatic heterocycles. The Labute approximate surface area is 142 Å². The number of amides is 1. The van der Waals surface area contributed by atoms with Crippen molar-refractivity contribution in [2.24, 2.45) is 5.92 Å². The topological polar surface area (TPSA) is 64.8 Å². The highest BCUT2D eigenvalue weighted by atomic mass is 16.5. The first kappa shape index (κ1) is 17.8. The van der Waals surface area contributed by atoms with Gasteiger partial charge in [0.15, 0.2) is 11.5 Å². The van der Waals surface area contributed by atoms with Crippen molar-refractivity contribution in [3.8, 4) is 22.8 Å². The lowest BCUT2D eigenvalue weighted by Crippen LogP contribution is -2.28. The average molecular weight is 332 g/mol. The predicted molar refractivity (Wildman–Crippen MR) is 91.5 cm³/mol. The van der Waals surface area contributed by atoms with Gasteiger partial charge in [-0.15, -0.1) is 0 Å². The Morgan fingerprint density at radius 3 is 2.62 bits per heavy atom. The lowest BCUT2D eigenvalue weighted by atomic mass is 10.1. The molecule has 1 heterocycles. The molecule has 0 aliphatic heterocycles. The molecule has 0 aliphatic rings. The maximum absolute atomic E-state index is 12.4. The maximum atomic E-state index is 12.4. The molecular weight excluding hydrogens is 308 g/mol. The van der Waals surface area contributed by atoms with E-state index in [2.05, 4.69) is 19.0 Å². The number of rotatable bonds is 7. The fraction of sp³-hybridized carbons (Fsp3) is 0.444. The molecular formula is C18H24N2O4. The highest BCUT2D eigenvalue weighted by molar-refractivity contribution is 5.93. The van der Waals surface area contributed by atoms with Gasteiger partial charge in [-0.1, -0.05) is 19.0 Å². The first-order chi connectivity index (χ1) is 11.5. The Morgan fingerprint density at radius 2 is 2.00 bits per heavy atom. The van der Waals surface area contributed by atoms with E-state index in [0.717, 1.165) is 6.42 Å². The summed E-state index contributed by atoms with van der Waals surface area (Å²) in [6, 6.07) is 7.00. The molecule has 6 nitrogen and oxygen atoms in total. The van der Waals surface area contributed by atoms with Crippen LogP contribution in [0.15, 0.2) is 28.8 Å². The lowest BCUT2D eigenvalue weighted by Gasteiger charge is -2.16. The summed E-state index contributed by atoms with van der Waals surface area (Å²) in [7, 11) is 4.93. The molecule has 0 N–H and O–H groups in total. The third-order valence-electron chi connectivity index (χ3n) is 3.79. The number of nitrogens with zero attached hydrogens (tertiary/aromatic N) is 2. The molecule has 0 saturated heterocycles. The fourth-order valence-corrected chi connectivity index (χ4v) is 2.26. The Kier molecular flexibility index (Phi) is 5.84. The summed E-state index contributed by atoms with van der Waals surface area (Å²) < 4.78 is 15.9. The zero-order valence-corrected chi connectivity index (χ0v) is 14.8. The molecule has 0 aliphatic carbocycles. The predicted octanol–water partition coefficient (Wildman–Crippen LogP) is 3.48. The molecule has 6 heteroatoms. The number of carbonyl (C=O) groups excluding carboxylic acids is 1. The van der Waals surface area contributed by atoms with Crippen molar-refractivity contribution in [2.75, 3.05) is 27.8 Å². The summed E-state index contributed by atoms with van der Waals surface area (Å²) in [5.41, 5.74) is 0.967. The van der Waals surface area contributed by atoms with Crippen LogP contribution in [-0.2, 0) is 0 Å². The highest BCUT2D eigenvalue weighted by Crippen LogP contribution is 2.33. The summed E-state index contributed by atoms with van der Waals surface area (Å²) in [6.07, 6.45) is 0.941. The molecule has 24 heavy (non-hydrogen) atoms. The van der Waals surface area contributed by atoms with Gasteiger partial charge in [0.25, 0.3) is 5.91 Å². The van der Waals surface area contributed by atoms with Crippen molar-refractivity contribution >= 4 is 5.91 Å². The Balaban J connectivity index is 2.23. The largest absolute Gasteiger partial charge is 0.497 e. The third kappa shape index (κ3) is 4.07. The van der Waals surface area contributed by atoms with E-state index in [1.807, 2.05) is 0 Å². The fourth-order valence-electron chi connectivity index (χ4n) is 2.26. The second-order valence-corrected chi connectivity index (χ2v) is 6.05. The molecule has 0 atom stereocenters. The number of hydrogen-bond acceptors (Lipinski definition) is 5. The number of benzene rings is 1. The molecule has 0 spiro atoms. The van der Waals surface area contributed by atoms with Gasteiger partial charge in [0.05, 0.1) is 19.8 Å². The normalized spacial score (nSPS) is 10.8. The lowest BCUT2D eigenvalue weighted by molar-refractivity contribution is 0.0779. The van der Waals surface area contributed by atoms with E-state index in [4.69, 9.17) is 14.0 Å². The van der Waals surface area contributed by atoms with Gasteiger partial charge in [-0.3, -0.25) is 4.79 Å². The summed E-state index contributed by atoms with van der Waals surface area (Å²) in [4.78, 5) is 14.1. The first-order valence-electron chi connectivity index (χ1n) is 7.90. The van der Waals surface area contributed by atoms with Gasteiger partial charge >= 0.3 is 0 Å². The smallest absolute Gasteiger partial charge is 0.275 e. The molecule has 2 rings (SSSR count). The SMILES string of the molecule is COc1ccc(OC)c(-c2cc(C(=O)N(C)CCC(C)C)no2)c1. The van der Waals surface area contributed by atoms with Crippen LogP contribution in [0.1, 0.15) is 30.8 Å². The van der Waals surface area contributed by atoms with Gasteiger partial charge in [0, 0.05) is 19.7 Å². The van der Waals surface area contributed by atoms with Crippen molar-refractivity contribution in [1.29, 1.82) is 0 Å². The summed E-state index contributed by atoms with van der Waals surface area (Å²) >= 11 is 0. The third-order valence-corrected chi connectivity index (χ3v) is 3.79. The number of ether oxygens (including phenoxy) is 2. The summed E-state index contributed by atoms with van der Waals surface area (Å²) in [5.74, 6) is 2.14. The highest BCUT2D eigenvalue weighted by Gasteiger charge is 2.19. The summed E-state index contributed by atoms with van der Waals surface area (Å²) in [6.45, 7) is 4.93. The van der Waals surface area contributed by atoms with E-state index >= 15 is 0 Å². The van der Waals surface area contributed by atoms with Crippen molar-refractivity contribution in [1.82, 2.24) is 10.1 Å². The van der Waals surface area contributed by atoms with Gasteiger partial charge in [-0.25, -0.2) is 0 Å². The average Bonchev–Trinajstić information content (AvgIpc) is 3.08. The van der Waals surface area contributed by atoms with Crippen LogP contribution in [0.4, 0.5) is 0 Å². The first-order valence-corrected chi connectivity index (χ1v) is 7.90. The molecule has 0 unspecified atom stereocenters. The second kappa shape index (κ2) is 7.86. The van der Waals surface area contributed by atoms with E-state index in [1.54, 1.807) is 50.4 Å². The number of carbonyl (C=O) groups is 1. The molecule has 0 saturated carbocycles. The van der Waals surface area contributed by atoms with Crippen molar-refractivity contribution in [2.45, 2.75) is 20.3 Å². The monoisotopic (exact) mass is 332 g/mol. The van der Waals surface area contributed by atoms with E-state index < -0.39 is 0 Å². The number of hydrogen-bond donors (Lipinski definition) is 0. The minimum absolute atomic E-state index is 0.160. The van der Waals surface area contributed by atoms with Crippen LogP contribution in [0.25, 0.3) is 11.3 Å². The second-order valence-electron chi connectivity index (χ2n) is 6.05. The van der Waals surface area contributed by atoms with Gasteiger partial charge < -0.3 is 18.9 Å². The van der Waals surface area contributed by atoms with E-state index in [9.17, 15) is 4.79 Å². The van der Waals surface area contributed by atoms with Crippen LogP contribution < -0.4 is 9.47 Å². The number of aromatic nitrogens is 1. The molecule has 130 valence electrons. The Bertz CT molecular complexity index is 694. The molecule has 1 amide bonds. The van der Waals surface area contributed by atoms with E-state index in [-0.39, 0.29) is 11.6 Å². The van der Waals surface area contributed by atoms with Crippen LogP contribution in [0.3, 0.4) is 0 Å². The van der Waals surface area contributed by atoms with Gasteiger partial charge in [-0.05, 0) is 30.5 Å². The van der Waals surface area contributed by atoms with Crippen LogP contribution in [0.5, 0.6) is 11.5 Å². The minimum Gasteiger partial charge on any atom is -0.497 e. The quantitative estimate of drug-likeness (QED) is 0.777. The molecule has 0 fully saturated rings. The van der Waals surface area contributed by atoms with Crippen molar-refractivity contribution < 1.29 is 18.8 Å². The Morgan fingerprint density at radius 1 is 1.25 bits per heavy atom. The molecule has 0 bridgehead atoms. The Hall–Kier alpha value is -2.50. The molecule has 2 aromatic rings. The van der Waals surface area contributed by atoms with Crippen LogP contribution in [0.2, 0.25) is 0 Å². The molecule has 1 aromatic carbocycles. The van der Waals surface area contributed by atoms with E-state index in [0.29, 0.717) is 35.3 Å². The van der Waals surface area contributed by atoms with Crippen LogP contribution in [0, 0.1) is 5.92 Å². The minimum atomic E-state index is -0.160. The number of methoxy groups -OCH3 is 2. The molecule has 0 radical (unpaired) electrons. The zero-order chi connectivity index (χ0) is 17.7. The van der Waals surface area contributed by atoms with E-state index in [1.165, 1.54) is 0 Å². The van der Waals surface area contributed by atoms with Crippen LogP contribution in [-0.4, -0.2) is 43.8 Å². The summed E-state index contributed by atoms with van der Waals surface area (Å²) in [5, 5.41) is 3.91. The van der Waals surface area contributed by atoms with Crippen LogP contribution >= 0.6 is 0 Å². The van der Waals surface area contributed by atoms with Gasteiger partial charge in [-0.2, -0.15) is 0 Å². The van der Waals surface area contributed by atoms with Gasteiger partial charge in [0.1, 0.15) is 11.5 Å². The van der Waals surface area contributed by atoms with Crippen molar-refractivity contribution in [3.63, 3.8) is 0 Å².